The van der Waals surface area contributed by atoms with E-state index in [0.29, 0.717) is 24.4 Å². The maximum atomic E-state index is 5.15. The van der Waals surface area contributed by atoms with Crippen LogP contribution in [0.2, 0.25) is 0 Å². The Labute approximate surface area is 95.3 Å². The van der Waals surface area contributed by atoms with Crippen LogP contribution in [0.15, 0.2) is 0 Å². The lowest BCUT2D eigenvalue weighted by Gasteiger charge is -2.07. The zero-order valence-electron chi connectivity index (χ0n) is 9.54. The predicted molar refractivity (Wildman–Crippen MR) is 65.5 cm³/mol. The molecule has 0 fully saturated rings. The minimum Gasteiger partial charge on any atom is -0.357 e. The fraction of sp³-hybridized carbons (Fsp3) is 0.500. The Kier molecular flexibility index (Phi) is 4.86. The lowest BCUT2D eigenvalue weighted by Crippen LogP contribution is -2.11. The molecule has 16 heavy (non-hydrogen) atoms. The Morgan fingerprint density at radius 1 is 1.12 bits per heavy atom. The zero-order valence-corrected chi connectivity index (χ0v) is 9.54. The van der Waals surface area contributed by atoms with Gasteiger partial charge in [-0.15, -0.1) is 6.42 Å². The molecule has 1 rings (SSSR count). The smallest absolute Gasteiger partial charge is 0.230 e. The number of nitrogens with one attached hydrogen (secondary N) is 3. The highest BCUT2D eigenvalue weighted by Crippen LogP contribution is 2.08. The van der Waals surface area contributed by atoms with Crippen molar-refractivity contribution in [1.29, 1.82) is 0 Å². The molecule has 6 heteroatoms. The normalized spacial score (nSPS) is 9.31. The number of nitrogens with zero attached hydrogens (tertiary/aromatic N) is 3. The Balaban J connectivity index is 2.79. The Bertz CT molecular complexity index is 370. The van der Waals surface area contributed by atoms with E-state index in [4.69, 9.17) is 6.42 Å². The second-order valence-corrected chi connectivity index (χ2v) is 3.04. The summed E-state index contributed by atoms with van der Waals surface area (Å²) in [7, 11) is 1.75. The Hall–Kier alpha value is -2.03. The molecule has 0 aliphatic heterocycles. The van der Waals surface area contributed by atoms with Crippen LogP contribution in [0, 0.1) is 12.3 Å². The van der Waals surface area contributed by atoms with Gasteiger partial charge in [0.2, 0.25) is 17.8 Å². The van der Waals surface area contributed by atoms with Gasteiger partial charge in [0.25, 0.3) is 0 Å². The highest BCUT2D eigenvalue weighted by atomic mass is 15.3. The highest BCUT2D eigenvalue weighted by Gasteiger charge is 2.03. The van der Waals surface area contributed by atoms with Crippen molar-refractivity contribution in [3.05, 3.63) is 0 Å². The van der Waals surface area contributed by atoms with Crippen molar-refractivity contribution in [2.75, 3.05) is 36.1 Å². The van der Waals surface area contributed by atoms with Crippen molar-refractivity contribution >= 4 is 17.8 Å². The van der Waals surface area contributed by atoms with E-state index < -0.39 is 0 Å². The fourth-order valence-corrected chi connectivity index (χ4v) is 1.01. The monoisotopic (exact) mass is 220 g/mol. The maximum absolute atomic E-state index is 5.15. The molecular formula is C10H16N6. The molecule has 0 spiro atoms. The first-order valence-corrected chi connectivity index (χ1v) is 5.15. The third kappa shape index (κ3) is 3.61. The van der Waals surface area contributed by atoms with Gasteiger partial charge in [-0.3, -0.25) is 0 Å². The summed E-state index contributed by atoms with van der Waals surface area (Å²) < 4.78 is 0. The summed E-state index contributed by atoms with van der Waals surface area (Å²) in [6.07, 6.45) is 6.16. The van der Waals surface area contributed by atoms with Crippen LogP contribution < -0.4 is 16.0 Å². The van der Waals surface area contributed by atoms with E-state index in [0.717, 1.165) is 13.0 Å². The largest absolute Gasteiger partial charge is 0.357 e. The van der Waals surface area contributed by atoms with Gasteiger partial charge in [0.15, 0.2) is 0 Å². The van der Waals surface area contributed by atoms with Gasteiger partial charge in [-0.25, -0.2) is 0 Å². The van der Waals surface area contributed by atoms with Crippen molar-refractivity contribution in [1.82, 2.24) is 15.0 Å². The summed E-state index contributed by atoms with van der Waals surface area (Å²) in [5.74, 6) is 3.98. The average molecular weight is 220 g/mol. The van der Waals surface area contributed by atoms with Crippen molar-refractivity contribution in [3.63, 3.8) is 0 Å². The van der Waals surface area contributed by atoms with Crippen LogP contribution in [0.5, 0.6) is 0 Å². The van der Waals surface area contributed by atoms with E-state index in [9.17, 15) is 0 Å². The van der Waals surface area contributed by atoms with Crippen molar-refractivity contribution in [2.45, 2.75) is 13.3 Å². The molecule has 1 aromatic rings. The van der Waals surface area contributed by atoms with Gasteiger partial charge in [-0.05, 0) is 6.42 Å². The fourth-order valence-electron chi connectivity index (χ4n) is 1.01. The topological polar surface area (TPSA) is 74.8 Å². The second-order valence-electron chi connectivity index (χ2n) is 3.04. The number of hydrogen-bond acceptors (Lipinski definition) is 6. The number of terminal acetylenes is 1. The molecule has 1 aromatic heterocycles. The molecule has 0 unspecified atom stereocenters. The van der Waals surface area contributed by atoms with Crippen LogP contribution in [-0.4, -0.2) is 35.1 Å². The molecular weight excluding hydrogens is 204 g/mol. The lowest BCUT2D eigenvalue weighted by atomic mass is 10.5. The third-order valence-corrected chi connectivity index (χ3v) is 1.74. The molecule has 0 saturated heterocycles. The number of anilines is 3. The standard InChI is InChI=1S/C10H16N6/c1-4-6-12-9-14-8(11-3)15-10(16-9)13-7-5-2/h1H,5-7H2,2-3H3,(H3,11,12,13,14,15,16). The van der Waals surface area contributed by atoms with E-state index >= 15 is 0 Å². The van der Waals surface area contributed by atoms with Crippen molar-refractivity contribution in [2.24, 2.45) is 0 Å². The van der Waals surface area contributed by atoms with Gasteiger partial charge in [0.1, 0.15) is 0 Å². The van der Waals surface area contributed by atoms with Gasteiger partial charge in [0.05, 0.1) is 6.54 Å². The van der Waals surface area contributed by atoms with Gasteiger partial charge in [-0.2, -0.15) is 15.0 Å². The van der Waals surface area contributed by atoms with E-state index in [2.05, 4.69) is 43.7 Å². The minimum absolute atomic E-state index is 0.389. The summed E-state index contributed by atoms with van der Waals surface area (Å²) in [6.45, 7) is 3.28. The Morgan fingerprint density at radius 2 is 1.75 bits per heavy atom. The van der Waals surface area contributed by atoms with Gasteiger partial charge >= 0.3 is 0 Å². The molecule has 0 aliphatic carbocycles. The first-order chi connectivity index (χ1) is 7.80. The first-order valence-electron chi connectivity index (χ1n) is 5.15. The average Bonchev–Trinajstić information content (AvgIpc) is 2.33. The van der Waals surface area contributed by atoms with Crippen LogP contribution in [-0.2, 0) is 0 Å². The SMILES string of the molecule is C#CCNc1nc(NC)nc(NCCC)n1. The molecule has 0 aromatic carbocycles. The van der Waals surface area contributed by atoms with E-state index in [1.54, 1.807) is 7.05 Å². The number of hydrogen-bond donors (Lipinski definition) is 3. The summed E-state index contributed by atoms with van der Waals surface area (Å²) in [4.78, 5) is 12.5. The van der Waals surface area contributed by atoms with Crippen LogP contribution in [0.3, 0.4) is 0 Å². The van der Waals surface area contributed by atoms with Crippen molar-refractivity contribution < 1.29 is 0 Å². The third-order valence-electron chi connectivity index (χ3n) is 1.74. The van der Waals surface area contributed by atoms with Gasteiger partial charge < -0.3 is 16.0 Å². The Morgan fingerprint density at radius 3 is 2.31 bits per heavy atom. The van der Waals surface area contributed by atoms with E-state index in [-0.39, 0.29) is 0 Å². The molecule has 6 nitrogen and oxygen atoms in total. The number of rotatable bonds is 6. The molecule has 1 heterocycles. The van der Waals surface area contributed by atoms with Crippen LogP contribution in [0.1, 0.15) is 13.3 Å². The van der Waals surface area contributed by atoms with Gasteiger partial charge in [-0.1, -0.05) is 12.8 Å². The second kappa shape index (κ2) is 6.45. The highest BCUT2D eigenvalue weighted by molar-refractivity contribution is 5.42. The molecule has 86 valence electrons. The van der Waals surface area contributed by atoms with Crippen LogP contribution in [0.25, 0.3) is 0 Å². The van der Waals surface area contributed by atoms with E-state index in [1.807, 2.05) is 0 Å². The summed E-state index contributed by atoms with van der Waals surface area (Å²) >= 11 is 0. The maximum Gasteiger partial charge on any atom is 0.230 e. The number of aromatic nitrogens is 3. The van der Waals surface area contributed by atoms with Crippen LogP contribution in [0.4, 0.5) is 17.8 Å². The van der Waals surface area contributed by atoms with Gasteiger partial charge in [0, 0.05) is 13.6 Å². The van der Waals surface area contributed by atoms with E-state index in [1.165, 1.54) is 0 Å². The predicted octanol–water partition coefficient (Wildman–Crippen LogP) is 0.780. The molecule has 0 amide bonds. The summed E-state index contributed by atoms with van der Waals surface area (Å²) in [6, 6.07) is 0. The molecule has 3 N–H and O–H groups in total. The quantitative estimate of drug-likeness (QED) is 0.615. The molecule has 0 radical (unpaired) electrons. The molecule has 0 bridgehead atoms. The molecule has 0 atom stereocenters. The summed E-state index contributed by atoms with van der Waals surface area (Å²) in [5, 5.41) is 8.87. The minimum atomic E-state index is 0.389. The van der Waals surface area contributed by atoms with Crippen LogP contribution >= 0.6 is 0 Å². The molecule has 0 aliphatic rings. The molecule has 0 saturated carbocycles. The first kappa shape index (κ1) is 12.0. The zero-order chi connectivity index (χ0) is 11.8. The van der Waals surface area contributed by atoms with Crippen molar-refractivity contribution in [3.8, 4) is 12.3 Å². The lowest BCUT2D eigenvalue weighted by molar-refractivity contribution is 0.939. The summed E-state index contributed by atoms with van der Waals surface area (Å²) in [5.41, 5.74) is 0.